The second kappa shape index (κ2) is 9.91. The van der Waals surface area contributed by atoms with Crippen molar-refractivity contribution in [2.75, 3.05) is 32.9 Å². The Morgan fingerprint density at radius 2 is 1.93 bits per heavy atom. The summed E-state index contributed by atoms with van der Waals surface area (Å²) in [4.78, 5) is 2.19. The van der Waals surface area contributed by atoms with Crippen LogP contribution in [0.5, 0.6) is 5.75 Å². The lowest BCUT2D eigenvalue weighted by Crippen LogP contribution is -2.19. The van der Waals surface area contributed by atoms with Crippen molar-refractivity contribution in [1.29, 1.82) is 0 Å². The number of allylic oxidation sites excluding steroid dienone is 4. The lowest BCUT2D eigenvalue weighted by molar-refractivity contribution is 0.0519. The number of nitrogens with zero attached hydrogens (tertiary/aromatic N) is 1. The van der Waals surface area contributed by atoms with Crippen molar-refractivity contribution in [2.24, 2.45) is 5.92 Å². The topological polar surface area (TPSA) is 21.7 Å². The number of hydrogen-bond acceptors (Lipinski definition) is 3. The lowest BCUT2D eigenvalue weighted by Gasteiger charge is -2.20. The van der Waals surface area contributed by atoms with Crippen LogP contribution in [0.1, 0.15) is 17.5 Å². The molecule has 4 heteroatoms. The molecule has 0 N–H and O–H groups in total. The van der Waals surface area contributed by atoms with E-state index in [2.05, 4.69) is 86.6 Å². The molecule has 0 bridgehead atoms. The molecule has 1 aliphatic rings. The van der Waals surface area contributed by atoms with Crippen LogP contribution in [0.25, 0.3) is 0 Å². The normalized spacial score (nSPS) is 16.1. The zero-order valence-corrected chi connectivity index (χ0v) is 18.2. The molecule has 28 heavy (non-hydrogen) atoms. The zero-order valence-electron chi connectivity index (χ0n) is 17.2. The van der Waals surface area contributed by atoms with E-state index in [1.165, 1.54) is 27.4 Å². The Kier molecular flexibility index (Phi) is 7.30. The first kappa shape index (κ1) is 20.6. The van der Waals surface area contributed by atoms with E-state index < -0.39 is 0 Å². The maximum atomic E-state index is 5.87. The molecule has 0 saturated carbocycles. The standard InChI is InChI=1S/C24H30NO2P/c1-18-10-13-23(21(14-18)25(2)3)28-24-16-20(11-12-22(24)27-17-26-4)15-19-8-6-5-7-9-19/h5-8,10-14,16,19,28H,9,15,17H2,1-4H3. The van der Waals surface area contributed by atoms with Crippen molar-refractivity contribution >= 4 is 24.9 Å². The largest absolute Gasteiger partial charge is 0.467 e. The third-order valence-electron chi connectivity index (χ3n) is 4.85. The summed E-state index contributed by atoms with van der Waals surface area (Å²) in [5.41, 5.74) is 3.90. The summed E-state index contributed by atoms with van der Waals surface area (Å²) in [5, 5.41) is 2.56. The highest BCUT2D eigenvalue weighted by atomic mass is 31.1. The molecule has 148 valence electrons. The van der Waals surface area contributed by atoms with Gasteiger partial charge in [0.25, 0.3) is 0 Å². The van der Waals surface area contributed by atoms with Gasteiger partial charge in [-0.2, -0.15) is 0 Å². The predicted molar refractivity (Wildman–Crippen MR) is 122 cm³/mol. The second-order valence-electron chi connectivity index (χ2n) is 7.43. The van der Waals surface area contributed by atoms with E-state index in [1.807, 2.05) is 0 Å². The van der Waals surface area contributed by atoms with Crippen LogP contribution in [0.2, 0.25) is 0 Å². The van der Waals surface area contributed by atoms with E-state index in [1.54, 1.807) is 7.11 Å². The van der Waals surface area contributed by atoms with Crippen LogP contribution in [-0.4, -0.2) is 28.0 Å². The monoisotopic (exact) mass is 395 g/mol. The molecule has 0 saturated heterocycles. The molecular formula is C24H30NO2P. The fraction of sp³-hybridized carbons (Fsp3) is 0.333. The SMILES string of the molecule is COCOc1ccc(CC2C=CC=CC2)cc1Pc1ccc(C)cc1N(C)C. The van der Waals surface area contributed by atoms with Crippen LogP contribution in [0.15, 0.2) is 60.7 Å². The summed E-state index contributed by atoms with van der Waals surface area (Å²) < 4.78 is 11.0. The van der Waals surface area contributed by atoms with Gasteiger partial charge in [-0.05, 0) is 55.0 Å². The molecule has 0 aromatic heterocycles. The van der Waals surface area contributed by atoms with Crippen LogP contribution >= 0.6 is 8.58 Å². The summed E-state index contributed by atoms with van der Waals surface area (Å²) in [6.45, 7) is 2.40. The fourth-order valence-electron chi connectivity index (χ4n) is 3.40. The molecule has 0 heterocycles. The third kappa shape index (κ3) is 5.47. The van der Waals surface area contributed by atoms with Gasteiger partial charge in [0.05, 0.1) is 0 Å². The molecule has 0 spiro atoms. The van der Waals surface area contributed by atoms with E-state index in [9.17, 15) is 0 Å². The van der Waals surface area contributed by atoms with Crippen molar-refractivity contribution in [1.82, 2.24) is 0 Å². The van der Waals surface area contributed by atoms with Gasteiger partial charge in [0, 0.05) is 37.5 Å². The minimum Gasteiger partial charge on any atom is -0.467 e. The molecule has 2 atom stereocenters. The van der Waals surface area contributed by atoms with Gasteiger partial charge in [-0.25, -0.2) is 0 Å². The van der Waals surface area contributed by atoms with Crippen LogP contribution in [0, 0.1) is 12.8 Å². The number of aryl methyl sites for hydroxylation is 1. The van der Waals surface area contributed by atoms with Gasteiger partial charge in [-0.15, -0.1) is 0 Å². The number of benzene rings is 2. The van der Waals surface area contributed by atoms with Crippen molar-refractivity contribution in [2.45, 2.75) is 19.8 Å². The molecule has 0 radical (unpaired) electrons. The van der Waals surface area contributed by atoms with E-state index in [4.69, 9.17) is 9.47 Å². The van der Waals surface area contributed by atoms with Crippen molar-refractivity contribution in [3.05, 3.63) is 71.8 Å². The summed E-state index contributed by atoms with van der Waals surface area (Å²) in [5.74, 6) is 1.48. The van der Waals surface area contributed by atoms with Crippen LogP contribution < -0.4 is 20.2 Å². The summed E-state index contributed by atoms with van der Waals surface area (Å²) in [7, 11) is 6.39. The first-order valence-corrected chi connectivity index (χ1v) is 10.7. The molecule has 2 aromatic rings. The Bertz CT molecular complexity index is 858. The van der Waals surface area contributed by atoms with Crippen molar-refractivity contribution in [3.63, 3.8) is 0 Å². The van der Waals surface area contributed by atoms with Gasteiger partial charge in [0.15, 0.2) is 6.79 Å². The summed E-state index contributed by atoms with van der Waals surface area (Å²) >= 11 is 0. The van der Waals surface area contributed by atoms with Gasteiger partial charge < -0.3 is 14.4 Å². The minimum absolute atomic E-state index is 0.265. The smallest absolute Gasteiger partial charge is 0.188 e. The average Bonchev–Trinajstić information content (AvgIpc) is 2.69. The molecule has 3 nitrogen and oxygen atoms in total. The molecule has 2 aromatic carbocycles. The molecule has 0 fully saturated rings. The highest BCUT2D eigenvalue weighted by molar-refractivity contribution is 7.56. The van der Waals surface area contributed by atoms with E-state index in [0.717, 1.165) is 18.6 Å². The lowest BCUT2D eigenvalue weighted by atomic mass is 9.93. The number of anilines is 1. The average molecular weight is 395 g/mol. The number of ether oxygens (including phenoxy) is 2. The molecule has 0 amide bonds. The fourth-order valence-corrected chi connectivity index (χ4v) is 4.82. The van der Waals surface area contributed by atoms with Crippen LogP contribution in [0.4, 0.5) is 5.69 Å². The third-order valence-corrected chi connectivity index (χ3v) is 6.20. The quantitative estimate of drug-likeness (QED) is 0.490. The van der Waals surface area contributed by atoms with Gasteiger partial charge >= 0.3 is 0 Å². The number of methoxy groups -OCH3 is 1. The van der Waals surface area contributed by atoms with E-state index in [-0.39, 0.29) is 6.79 Å². The van der Waals surface area contributed by atoms with Gasteiger partial charge in [-0.3, -0.25) is 0 Å². The first-order chi connectivity index (χ1) is 13.6. The molecule has 2 unspecified atom stereocenters. The van der Waals surface area contributed by atoms with Gasteiger partial charge in [0.2, 0.25) is 0 Å². The Labute approximate surface area is 170 Å². The van der Waals surface area contributed by atoms with Crippen molar-refractivity contribution < 1.29 is 9.47 Å². The highest BCUT2D eigenvalue weighted by Gasteiger charge is 2.13. The molecule has 1 aliphatic carbocycles. The Balaban J connectivity index is 1.89. The van der Waals surface area contributed by atoms with Crippen molar-refractivity contribution in [3.8, 4) is 5.75 Å². The minimum atomic E-state index is 0.265. The summed E-state index contributed by atoms with van der Waals surface area (Å²) in [6.07, 6.45) is 11.0. The molecule has 3 rings (SSSR count). The number of hydrogen-bond donors (Lipinski definition) is 0. The van der Waals surface area contributed by atoms with Crippen LogP contribution in [-0.2, 0) is 11.2 Å². The van der Waals surface area contributed by atoms with E-state index >= 15 is 0 Å². The summed E-state index contributed by atoms with van der Waals surface area (Å²) in [6, 6.07) is 13.3. The van der Waals surface area contributed by atoms with E-state index in [0.29, 0.717) is 14.5 Å². The van der Waals surface area contributed by atoms with Gasteiger partial charge in [0.1, 0.15) is 5.75 Å². The van der Waals surface area contributed by atoms with Gasteiger partial charge in [-0.1, -0.05) is 51.1 Å². The predicted octanol–water partition coefficient (Wildman–Crippen LogP) is 4.35. The molecular weight excluding hydrogens is 365 g/mol. The Hall–Kier alpha value is -2.09. The van der Waals surface area contributed by atoms with Crippen LogP contribution in [0.3, 0.4) is 0 Å². The maximum Gasteiger partial charge on any atom is 0.188 e. The highest BCUT2D eigenvalue weighted by Crippen LogP contribution is 2.27. The second-order valence-corrected chi connectivity index (χ2v) is 8.76. The zero-order chi connectivity index (χ0) is 19.9. The number of rotatable bonds is 8. The molecule has 0 aliphatic heterocycles. The Morgan fingerprint density at radius 3 is 2.64 bits per heavy atom. The maximum absolute atomic E-state index is 5.87. The Morgan fingerprint density at radius 1 is 1.07 bits per heavy atom. The first-order valence-electron chi connectivity index (χ1n) is 9.70.